The molecule has 0 bridgehead atoms. The smallest absolute Gasteiger partial charge is 0.371 e. The van der Waals surface area contributed by atoms with Gasteiger partial charge in [0, 0.05) is 20.1 Å². The minimum Gasteiger partial charge on any atom is -0.460 e. The summed E-state index contributed by atoms with van der Waals surface area (Å²) in [5.41, 5.74) is -0.655. The Bertz CT molecular complexity index is 231. The minimum absolute atomic E-state index is 0.132. The number of rotatable bonds is 5. The Kier molecular flexibility index (Phi) is 6.19. The van der Waals surface area contributed by atoms with E-state index in [-0.39, 0.29) is 6.61 Å². The van der Waals surface area contributed by atoms with Crippen LogP contribution in [0.4, 0.5) is 0 Å². The van der Waals surface area contributed by atoms with Crippen molar-refractivity contribution in [1.29, 1.82) is 5.26 Å². The second-order valence-corrected chi connectivity index (χ2v) is 2.04. The molecule has 0 rings (SSSR count). The average Bonchev–Trinajstić information content (AvgIpc) is 2.14. The molecule has 6 heteroatoms. The van der Waals surface area contributed by atoms with Gasteiger partial charge in [-0.2, -0.15) is 5.26 Å². The number of hydrogen-bond acceptors (Lipinski definition) is 6. The summed E-state index contributed by atoms with van der Waals surface area (Å²) in [6, 6.07) is 1.39. The minimum atomic E-state index is -0.930. The molecule has 0 aromatic heterocycles. The van der Waals surface area contributed by atoms with Gasteiger partial charge in [-0.1, -0.05) is 5.16 Å². The third-order valence-electron chi connectivity index (χ3n) is 1.13. The Balaban J connectivity index is 3.70. The number of ether oxygens (including phenoxy) is 2. The first-order valence-corrected chi connectivity index (χ1v) is 3.54. The monoisotopic (exact) mass is 186 g/mol. The van der Waals surface area contributed by atoms with Crippen LogP contribution in [0.15, 0.2) is 5.16 Å². The van der Waals surface area contributed by atoms with E-state index in [1.165, 1.54) is 13.2 Å². The number of esters is 1. The molecule has 0 radical (unpaired) electrons. The molecule has 0 spiro atoms. The normalized spacial score (nSPS) is 10.6. The fourth-order valence-electron chi connectivity index (χ4n) is 0.545. The van der Waals surface area contributed by atoms with Crippen molar-refractivity contribution in [2.75, 3.05) is 20.3 Å². The van der Waals surface area contributed by atoms with Crippen LogP contribution in [0, 0.1) is 11.3 Å². The highest BCUT2D eigenvalue weighted by molar-refractivity contribution is 6.42. The maximum atomic E-state index is 10.8. The van der Waals surface area contributed by atoms with Gasteiger partial charge >= 0.3 is 5.97 Å². The molecule has 0 heterocycles. The van der Waals surface area contributed by atoms with Crippen molar-refractivity contribution < 1.29 is 19.5 Å². The highest BCUT2D eigenvalue weighted by atomic mass is 16.5. The van der Waals surface area contributed by atoms with Gasteiger partial charge in [-0.05, 0) is 0 Å². The topological polar surface area (TPSA) is 91.9 Å². The Labute approximate surface area is 75.4 Å². The Morgan fingerprint density at radius 2 is 2.31 bits per heavy atom. The molecule has 72 valence electrons. The van der Waals surface area contributed by atoms with Crippen LogP contribution in [-0.2, 0) is 14.3 Å². The van der Waals surface area contributed by atoms with E-state index in [4.69, 9.17) is 15.2 Å². The van der Waals surface area contributed by atoms with E-state index in [2.05, 4.69) is 9.89 Å². The Morgan fingerprint density at radius 3 is 2.77 bits per heavy atom. The Morgan fingerprint density at radius 1 is 1.62 bits per heavy atom. The Hall–Kier alpha value is -1.61. The molecule has 0 aliphatic rings. The van der Waals surface area contributed by atoms with Gasteiger partial charge in [-0.3, -0.25) is 0 Å². The van der Waals surface area contributed by atoms with Crippen LogP contribution >= 0.6 is 0 Å². The van der Waals surface area contributed by atoms with Crippen LogP contribution in [0.2, 0.25) is 0 Å². The van der Waals surface area contributed by atoms with Crippen LogP contribution in [0.1, 0.15) is 6.42 Å². The summed E-state index contributed by atoms with van der Waals surface area (Å²) in [6.45, 7) is 0.596. The van der Waals surface area contributed by atoms with Gasteiger partial charge in [0.05, 0.1) is 6.61 Å². The quantitative estimate of drug-likeness (QED) is 0.213. The van der Waals surface area contributed by atoms with Crippen molar-refractivity contribution in [2.24, 2.45) is 5.16 Å². The highest BCUT2D eigenvalue weighted by Gasteiger charge is 2.12. The zero-order valence-electron chi connectivity index (χ0n) is 7.19. The summed E-state index contributed by atoms with van der Waals surface area (Å²) >= 11 is 0. The van der Waals surface area contributed by atoms with Crippen molar-refractivity contribution in [1.82, 2.24) is 0 Å². The summed E-state index contributed by atoms with van der Waals surface area (Å²) in [5, 5.41) is 18.8. The molecule has 0 aliphatic heterocycles. The van der Waals surface area contributed by atoms with E-state index in [1.54, 1.807) is 0 Å². The third kappa shape index (κ3) is 4.76. The maximum absolute atomic E-state index is 10.8. The molecule has 0 atom stereocenters. The molecule has 0 aromatic rings. The fraction of sp³-hybridized carbons (Fsp3) is 0.571. The zero-order valence-corrected chi connectivity index (χ0v) is 7.19. The number of nitriles is 1. The van der Waals surface area contributed by atoms with Crippen molar-refractivity contribution in [3.05, 3.63) is 0 Å². The van der Waals surface area contributed by atoms with E-state index in [9.17, 15) is 4.79 Å². The SMILES string of the molecule is COCCCOC(=O)C(C#N)=NO. The van der Waals surface area contributed by atoms with Gasteiger partial charge in [0.1, 0.15) is 6.07 Å². The lowest BCUT2D eigenvalue weighted by molar-refractivity contribution is -0.135. The largest absolute Gasteiger partial charge is 0.460 e. The van der Waals surface area contributed by atoms with Crippen molar-refractivity contribution in [3.63, 3.8) is 0 Å². The molecular formula is C7H10N2O4. The average molecular weight is 186 g/mol. The standard InChI is InChI=1S/C7H10N2O4/c1-12-3-2-4-13-7(10)6(5-8)9-11/h11H,2-4H2,1H3. The number of nitrogens with zero attached hydrogens (tertiary/aromatic N) is 2. The second kappa shape index (κ2) is 7.06. The van der Waals surface area contributed by atoms with Crippen molar-refractivity contribution in [2.45, 2.75) is 6.42 Å². The molecule has 0 fully saturated rings. The molecule has 0 amide bonds. The van der Waals surface area contributed by atoms with Gasteiger partial charge in [-0.25, -0.2) is 4.79 Å². The fourth-order valence-corrected chi connectivity index (χ4v) is 0.545. The summed E-state index contributed by atoms with van der Waals surface area (Å²) in [6.07, 6.45) is 0.534. The predicted octanol–water partition coefficient (Wildman–Crippen LogP) is -0.0801. The van der Waals surface area contributed by atoms with E-state index >= 15 is 0 Å². The van der Waals surface area contributed by atoms with Crippen molar-refractivity contribution in [3.8, 4) is 6.07 Å². The van der Waals surface area contributed by atoms with Crippen molar-refractivity contribution >= 4 is 11.7 Å². The van der Waals surface area contributed by atoms with Gasteiger partial charge in [0.2, 0.25) is 0 Å². The summed E-state index contributed by atoms with van der Waals surface area (Å²) in [7, 11) is 1.53. The molecule has 0 saturated carbocycles. The number of carbonyl (C=O) groups is 1. The predicted molar refractivity (Wildman–Crippen MR) is 42.3 cm³/mol. The molecular weight excluding hydrogens is 176 g/mol. The van der Waals surface area contributed by atoms with E-state index in [0.29, 0.717) is 13.0 Å². The number of carbonyl (C=O) groups excluding carboxylic acids is 1. The van der Waals surface area contributed by atoms with Crippen LogP contribution < -0.4 is 0 Å². The maximum Gasteiger partial charge on any atom is 0.371 e. The first-order valence-electron chi connectivity index (χ1n) is 3.54. The molecule has 1 N–H and O–H groups in total. The summed E-state index contributed by atoms with van der Waals surface area (Å²) in [4.78, 5) is 10.8. The van der Waals surface area contributed by atoms with Crippen LogP contribution in [-0.4, -0.2) is 37.2 Å². The zero-order chi connectivity index (χ0) is 10.1. The number of methoxy groups -OCH3 is 1. The molecule has 13 heavy (non-hydrogen) atoms. The molecule has 6 nitrogen and oxygen atoms in total. The lowest BCUT2D eigenvalue weighted by atomic mass is 10.4. The second-order valence-electron chi connectivity index (χ2n) is 2.04. The number of oxime groups is 1. The van der Waals surface area contributed by atoms with Gasteiger partial charge < -0.3 is 14.7 Å². The molecule has 0 saturated heterocycles. The third-order valence-corrected chi connectivity index (χ3v) is 1.13. The number of hydrogen-bond donors (Lipinski definition) is 1. The lowest BCUT2D eigenvalue weighted by Crippen LogP contribution is -2.17. The van der Waals surface area contributed by atoms with E-state index in [1.807, 2.05) is 0 Å². The molecule has 0 unspecified atom stereocenters. The first-order chi connectivity index (χ1) is 6.26. The van der Waals surface area contributed by atoms with Crippen LogP contribution in [0.5, 0.6) is 0 Å². The highest BCUT2D eigenvalue weighted by Crippen LogP contribution is 1.87. The van der Waals surface area contributed by atoms with E-state index in [0.717, 1.165) is 0 Å². The lowest BCUT2D eigenvalue weighted by Gasteiger charge is -2.00. The molecule has 0 aliphatic carbocycles. The van der Waals surface area contributed by atoms with Gasteiger partial charge in [0.25, 0.3) is 5.71 Å². The van der Waals surface area contributed by atoms with Crippen LogP contribution in [0.25, 0.3) is 0 Å². The first kappa shape index (κ1) is 11.4. The van der Waals surface area contributed by atoms with Crippen LogP contribution in [0.3, 0.4) is 0 Å². The van der Waals surface area contributed by atoms with Gasteiger partial charge in [-0.15, -0.1) is 0 Å². The van der Waals surface area contributed by atoms with E-state index < -0.39 is 11.7 Å². The molecule has 0 aromatic carbocycles. The summed E-state index contributed by atoms with van der Waals surface area (Å²) in [5.74, 6) is -0.930. The van der Waals surface area contributed by atoms with Gasteiger partial charge in [0.15, 0.2) is 0 Å². The summed E-state index contributed by atoms with van der Waals surface area (Å²) < 4.78 is 9.26.